The Morgan fingerprint density at radius 1 is 0.368 bits per heavy atom. The maximum atomic E-state index is 4.54. The Kier molecular flexibility index (Phi) is 5.49. The van der Waals surface area contributed by atoms with Gasteiger partial charge in [-0.25, -0.2) is 9.97 Å². The van der Waals surface area contributed by atoms with E-state index in [0.717, 1.165) is 11.4 Å². The zero-order valence-electron chi connectivity index (χ0n) is 20.8. The molecule has 0 N–H and O–H groups in total. The highest BCUT2D eigenvalue weighted by Crippen LogP contribution is 2.31. The van der Waals surface area contributed by atoms with Crippen molar-refractivity contribution in [2.24, 2.45) is 0 Å². The molecule has 0 fully saturated rings. The first-order valence-electron chi connectivity index (χ1n) is 12.8. The Bertz CT molecular complexity index is 1780. The van der Waals surface area contributed by atoms with Crippen LogP contribution in [0.4, 0.5) is 0 Å². The van der Waals surface area contributed by atoms with E-state index in [1.807, 2.05) is 6.07 Å². The molecule has 0 bridgehead atoms. The van der Waals surface area contributed by atoms with E-state index in [2.05, 4.69) is 143 Å². The molecule has 0 aliphatic heterocycles. The molecule has 0 spiro atoms. The second kappa shape index (κ2) is 9.42. The molecule has 0 aliphatic rings. The number of aromatic nitrogens is 2. The third kappa shape index (κ3) is 4.03. The van der Waals surface area contributed by atoms with Crippen LogP contribution in [-0.2, 0) is 0 Å². The van der Waals surface area contributed by atoms with Gasteiger partial charge in [0.2, 0.25) is 0 Å². The van der Waals surface area contributed by atoms with Crippen LogP contribution in [0.2, 0.25) is 0 Å². The Labute approximate surface area is 221 Å². The van der Waals surface area contributed by atoms with Gasteiger partial charge in [-0.1, -0.05) is 109 Å². The summed E-state index contributed by atoms with van der Waals surface area (Å²) in [5.74, 6) is 0. The van der Waals surface area contributed by atoms with Gasteiger partial charge in [-0.05, 0) is 84.6 Å². The summed E-state index contributed by atoms with van der Waals surface area (Å²) < 4.78 is 0. The SMILES string of the molecule is C(=C\c1c2ccccc2cc2ccccc12)/c1cc(/C=C/c2c3ccccc3cc3ccccc23)ncn1. The summed E-state index contributed by atoms with van der Waals surface area (Å²) in [7, 11) is 0. The lowest BCUT2D eigenvalue weighted by Gasteiger charge is -2.08. The van der Waals surface area contributed by atoms with Crippen molar-refractivity contribution >= 4 is 67.4 Å². The zero-order valence-corrected chi connectivity index (χ0v) is 20.8. The molecule has 0 amide bonds. The van der Waals surface area contributed by atoms with Gasteiger partial charge in [0.1, 0.15) is 6.33 Å². The van der Waals surface area contributed by atoms with Crippen molar-refractivity contribution in [3.8, 4) is 0 Å². The molecule has 0 atom stereocenters. The molecule has 7 rings (SSSR count). The van der Waals surface area contributed by atoms with E-state index in [1.54, 1.807) is 6.33 Å². The van der Waals surface area contributed by atoms with E-state index in [4.69, 9.17) is 0 Å². The molecule has 38 heavy (non-hydrogen) atoms. The van der Waals surface area contributed by atoms with Gasteiger partial charge < -0.3 is 0 Å². The van der Waals surface area contributed by atoms with Gasteiger partial charge in [-0.2, -0.15) is 0 Å². The smallest absolute Gasteiger partial charge is 0.116 e. The van der Waals surface area contributed by atoms with E-state index in [0.29, 0.717) is 0 Å². The molecule has 178 valence electrons. The average Bonchev–Trinajstić information content (AvgIpc) is 2.97. The van der Waals surface area contributed by atoms with Crippen LogP contribution in [0.1, 0.15) is 22.5 Å². The molecular weight excluding hydrogens is 460 g/mol. The standard InChI is InChI=1S/C36H24N2/c1-5-13-31-25(9-1)21-26-10-2-6-14-32(26)35(31)19-17-29-23-30(38-24-37-29)18-20-36-33-15-7-3-11-27(33)22-28-12-4-8-16-34(28)36/h1-24H/b19-17+,20-18+. The number of hydrogen-bond donors (Lipinski definition) is 0. The first-order chi connectivity index (χ1) is 18.8. The van der Waals surface area contributed by atoms with E-state index < -0.39 is 0 Å². The monoisotopic (exact) mass is 484 g/mol. The zero-order chi connectivity index (χ0) is 25.3. The van der Waals surface area contributed by atoms with Crippen LogP contribution in [0, 0.1) is 0 Å². The number of benzene rings is 6. The largest absolute Gasteiger partial charge is 0.237 e. The molecule has 1 aromatic heterocycles. The lowest BCUT2D eigenvalue weighted by molar-refractivity contribution is 1.14. The van der Waals surface area contributed by atoms with Crippen molar-refractivity contribution in [3.05, 3.63) is 144 Å². The minimum atomic E-state index is 0.874. The highest BCUT2D eigenvalue weighted by atomic mass is 14.8. The van der Waals surface area contributed by atoms with E-state index in [1.165, 1.54) is 54.2 Å². The first kappa shape index (κ1) is 22.1. The summed E-state index contributed by atoms with van der Waals surface area (Å²) in [5.41, 5.74) is 4.16. The van der Waals surface area contributed by atoms with Gasteiger partial charge in [0.15, 0.2) is 0 Å². The molecule has 0 saturated heterocycles. The van der Waals surface area contributed by atoms with E-state index in [-0.39, 0.29) is 0 Å². The minimum Gasteiger partial charge on any atom is -0.237 e. The second-order valence-electron chi connectivity index (χ2n) is 9.50. The normalized spacial score (nSPS) is 12.0. The molecule has 6 aromatic carbocycles. The number of rotatable bonds is 4. The first-order valence-corrected chi connectivity index (χ1v) is 12.8. The van der Waals surface area contributed by atoms with Crippen LogP contribution in [0.25, 0.3) is 67.4 Å². The van der Waals surface area contributed by atoms with Crippen molar-refractivity contribution in [1.82, 2.24) is 9.97 Å². The summed E-state index contributed by atoms with van der Waals surface area (Å²) in [6, 6.07) is 40.7. The van der Waals surface area contributed by atoms with Crippen molar-refractivity contribution < 1.29 is 0 Å². The maximum absolute atomic E-state index is 4.54. The van der Waals surface area contributed by atoms with Crippen LogP contribution < -0.4 is 0 Å². The molecule has 0 unspecified atom stereocenters. The topological polar surface area (TPSA) is 25.8 Å². The third-order valence-electron chi connectivity index (χ3n) is 7.18. The number of fused-ring (bicyclic) bond motifs is 4. The number of nitrogens with zero attached hydrogens (tertiary/aromatic N) is 2. The van der Waals surface area contributed by atoms with E-state index >= 15 is 0 Å². The van der Waals surface area contributed by atoms with Crippen molar-refractivity contribution in [3.63, 3.8) is 0 Å². The van der Waals surface area contributed by atoms with Gasteiger partial charge >= 0.3 is 0 Å². The van der Waals surface area contributed by atoms with Crippen molar-refractivity contribution in [2.45, 2.75) is 0 Å². The molecule has 1 heterocycles. The van der Waals surface area contributed by atoms with Gasteiger partial charge in [-0.3, -0.25) is 0 Å². The summed E-state index contributed by atoms with van der Waals surface area (Å²) in [6.07, 6.45) is 10.2. The molecule has 0 aliphatic carbocycles. The maximum Gasteiger partial charge on any atom is 0.116 e. The Morgan fingerprint density at radius 2 is 0.711 bits per heavy atom. The van der Waals surface area contributed by atoms with Crippen molar-refractivity contribution in [1.29, 1.82) is 0 Å². The number of hydrogen-bond acceptors (Lipinski definition) is 2. The van der Waals surface area contributed by atoms with Gasteiger partial charge in [-0.15, -0.1) is 0 Å². The predicted molar refractivity (Wildman–Crippen MR) is 163 cm³/mol. The Morgan fingerprint density at radius 3 is 1.08 bits per heavy atom. The molecule has 2 nitrogen and oxygen atoms in total. The molecule has 0 saturated carbocycles. The third-order valence-corrected chi connectivity index (χ3v) is 7.18. The van der Waals surface area contributed by atoms with Crippen LogP contribution in [0.5, 0.6) is 0 Å². The summed E-state index contributed by atoms with van der Waals surface area (Å²) in [5, 5.41) is 9.88. The molecular formula is C36H24N2. The van der Waals surface area contributed by atoms with Crippen LogP contribution in [-0.4, -0.2) is 9.97 Å². The molecule has 7 aromatic rings. The molecule has 0 radical (unpaired) electrons. The minimum absolute atomic E-state index is 0.874. The fourth-order valence-corrected chi connectivity index (χ4v) is 5.36. The van der Waals surface area contributed by atoms with Crippen LogP contribution in [0.3, 0.4) is 0 Å². The lowest BCUT2D eigenvalue weighted by atomic mass is 9.96. The van der Waals surface area contributed by atoms with Gasteiger partial charge in [0.05, 0.1) is 11.4 Å². The Hall–Kier alpha value is -5.08. The van der Waals surface area contributed by atoms with Gasteiger partial charge in [0, 0.05) is 0 Å². The van der Waals surface area contributed by atoms with Gasteiger partial charge in [0.25, 0.3) is 0 Å². The fourth-order valence-electron chi connectivity index (χ4n) is 5.36. The highest BCUT2D eigenvalue weighted by Gasteiger charge is 2.06. The fraction of sp³-hybridized carbons (Fsp3) is 0. The summed E-state index contributed by atoms with van der Waals surface area (Å²) in [4.78, 5) is 9.08. The van der Waals surface area contributed by atoms with Crippen molar-refractivity contribution in [2.75, 3.05) is 0 Å². The predicted octanol–water partition coefficient (Wildman–Crippen LogP) is 9.43. The summed E-state index contributed by atoms with van der Waals surface area (Å²) >= 11 is 0. The summed E-state index contributed by atoms with van der Waals surface area (Å²) in [6.45, 7) is 0. The van der Waals surface area contributed by atoms with Crippen LogP contribution >= 0.6 is 0 Å². The quantitative estimate of drug-likeness (QED) is 0.233. The highest BCUT2D eigenvalue weighted by molar-refractivity contribution is 6.09. The van der Waals surface area contributed by atoms with Crippen LogP contribution in [0.15, 0.2) is 122 Å². The Balaban J connectivity index is 1.29. The second-order valence-corrected chi connectivity index (χ2v) is 9.50. The van der Waals surface area contributed by atoms with E-state index in [9.17, 15) is 0 Å². The average molecular weight is 485 g/mol. The lowest BCUT2D eigenvalue weighted by Crippen LogP contribution is -1.88. The molecule has 2 heteroatoms.